The lowest BCUT2D eigenvalue weighted by molar-refractivity contribution is 0.0122. The minimum Gasteiger partial charge on any atom is -0.497 e. The predicted octanol–water partition coefficient (Wildman–Crippen LogP) is 10.6. The Labute approximate surface area is 409 Å². The molecule has 4 aliphatic heterocycles. The minimum absolute atomic E-state index is 0.0204. The number of methoxy groups -OCH3 is 2. The molecule has 12 nitrogen and oxygen atoms in total. The van der Waals surface area contributed by atoms with Gasteiger partial charge in [0.1, 0.15) is 47.3 Å². The number of hydrogen-bond donors (Lipinski definition) is 0. The second-order valence-electron chi connectivity index (χ2n) is 19.3. The number of hydrogen-bond acceptors (Lipinski definition) is 11. The second kappa shape index (κ2) is 18.7. The van der Waals surface area contributed by atoms with Crippen molar-refractivity contribution in [2.24, 2.45) is 0 Å². The van der Waals surface area contributed by atoms with E-state index in [2.05, 4.69) is 43.4 Å². The van der Waals surface area contributed by atoms with Gasteiger partial charge < -0.3 is 28.7 Å². The first kappa shape index (κ1) is 46.9. The highest BCUT2D eigenvalue weighted by atomic mass is 127. The SMILES string of the molecule is COc1ccc(CN(Cc2ccc(OC)cc2)c2cc(C)c(I)c(-c3c(Cl)cc4c(N5CC6CCC(C5)N6C(=O)OC(C)(C)C)nc(OC[C@@]56CCCN5C[C@H](F)C6)nc4c3F)c2C#N)cc1. The van der Waals surface area contributed by atoms with Gasteiger partial charge in [0.05, 0.1) is 48.1 Å². The molecule has 2 unspecified atom stereocenters. The molecule has 352 valence electrons. The molecule has 4 atom stereocenters. The van der Waals surface area contributed by atoms with Crippen LogP contribution in [0.2, 0.25) is 5.02 Å². The molecule has 4 aliphatic rings. The summed E-state index contributed by atoms with van der Waals surface area (Å²) in [6.07, 6.45) is 2.27. The maximum atomic E-state index is 18.1. The van der Waals surface area contributed by atoms with E-state index in [-0.39, 0.29) is 52.5 Å². The van der Waals surface area contributed by atoms with E-state index in [1.165, 1.54) is 0 Å². The average Bonchev–Trinajstić information content (AvgIpc) is 3.92. The number of benzene rings is 4. The first-order chi connectivity index (χ1) is 32.1. The van der Waals surface area contributed by atoms with Crippen molar-refractivity contribution in [1.82, 2.24) is 19.8 Å². The molecule has 0 radical (unpaired) electrons. The van der Waals surface area contributed by atoms with Crippen LogP contribution in [0.4, 0.5) is 25.1 Å². The van der Waals surface area contributed by atoms with E-state index >= 15 is 4.39 Å². The van der Waals surface area contributed by atoms with Crippen LogP contribution in [0.25, 0.3) is 22.0 Å². The number of aryl methyl sites for hydroxylation is 1. The molecule has 1 amide bonds. The van der Waals surface area contributed by atoms with Gasteiger partial charge in [0.25, 0.3) is 0 Å². The van der Waals surface area contributed by atoms with Crippen molar-refractivity contribution in [3.8, 4) is 34.7 Å². The Kier molecular flexibility index (Phi) is 13.1. The fourth-order valence-electron chi connectivity index (χ4n) is 10.5. The van der Waals surface area contributed by atoms with Crippen LogP contribution < -0.4 is 24.0 Å². The lowest BCUT2D eigenvalue weighted by atomic mass is 9.94. The summed E-state index contributed by atoms with van der Waals surface area (Å²) in [5.74, 6) is 1.15. The Morgan fingerprint density at radius 2 is 1.60 bits per heavy atom. The van der Waals surface area contributed by atoms with E-state index in [0.29, 0.717) is 65.2 Å². The van der Waals surface area contributed by atoms with Gasteiger partial charge in [-0.1, -0.05) is 35.9 Å². The van der Waals surface area contributed by atoms with Crippen LogP contribution in [-0.4, -0.2) is 102 Å². The van der Waals surface area contributed by atoms with E-state index in [9.17, 15) is 14.4 Å². The van der Waals surface area contributed by atoms with Crippen LogP contribution in [0, 0.1) is 27.6 Å². The summed E-state index contributed by atoms with van der Waals surface area (Å²) in [5, 5.41) is 11.7. The number of aromatic nitrogens is 2. The smallest absolute Gasteiger partial charge is 0.410 e. The highest BCUT2D eigenvalue weighted by Crippen LogP contribution is 2.47. The maximum absolute atomic E-state index is 18.1. The molecule has 4 saturated heterocycles. The molecule has 9 rings (SSSR count). The number of halogens is 4. The normalized spacial score (nSPS) is 21.4. The first-order valence-electron chi connectivity index (χ1n) is 22.8. The topological polar surface area (TPSA) is 117 Å². The van der Waals surface area contributed by atoms with Crippen molar-refractivity contribution in [3.63, 3.8) is 0 Å². The van der Waals surface area contributed by atoms with Crippen molar-refractivity contribution in [2.75, 3.05) is 56.8 Å². The zero-order valence-electron chi connectivity index (χ0n) is 38.7. The molecule has 0 spiro atoms. The van der Waals surface area contributed by atoms with E-state index < -0.39 is 23.1 Å². The molecule has 5 aromatic rings. The predicted molar refractivity (Wildman–Crippen MR) is 264 cm³/mol. The van der Waals surface area contributed by atoms with Gasteiger partial charge in [0.15, 0.2) is 5.82 Å². The molecule has 0 saturated carbocycles. The van der Waals surface area contributed by atoms with Gasteiger partial charge in [-0.3, -0.25) is 9.80 Å². The van der Waals surface area contributed by atoms with Gasteiger partial charge in [-0.05, 0) is 136 Å². The lowest BCUT2D eigenvalue weighted by Crippen LogP contribution is -2.57. The standard InChI is InChI=1S/C51H55ClF2IN7O5/c1-30-20-41(59(24-31-8-14-36(64-5)15-9-31)25-32-10-16-37(65-6)17-11-32)39(23-56)42(45(30)55)43-40(52)21-38-46(44(43)54)57-48(66-29-51-18-7-19-61(51)26-33(53)22-51)58-47(38)60-27-34-12-13-35(28-60)62(34)49(63)67-50(2,3)4/h8-11,14-17,20-21,33-35H,7,12-13,18-19,22,24-29H2,1-6H3/t33-,34?,35?,51+/m1/s1. The van der Waals surface area contributed by atoms with Crippen LogP contribution in [0.3, 0.4) is 0 Å². The molecule has 5 heterocycles. The molecule has 67 heavy (non-hydrogen) atoms. The number of anilines is 2. The van der Waals surface area contributed by atoms with E-state index in [1.807, 2.05) is 87.2 Å². The minimum atomic E-state index is -0.963. The second-order valence-corrected chi connectivity index (χ2v) is 20.7. The number of amides is 1. The van der Waals surface area contributed by atoms with Gasteiger partial charge in [-0.25, -0.2) is 13.6 Å². The summed E-state index contributed by atoms with van der Waals surface area (Å²) in [5.41, 5.74) is 2.84. The van der Waals surface area contributed by atoms with Crippen LogP contribution in [0.15, 0.2) is 60.7 Å². The number of nitrogens with zero attached hydrogens (tertiary/aromatic N) is 7. The molecule has 4 aromatic carbocycles. The molecular formula is C51H55ClF2IN7O5. The maximum Gasteiger partial charge on any atom is 0.410 e. The Balaban J connectivity index is 1.16. The Hall–Kier alpha value is -5.18. The van der Waals surface area contributed by atoms with Gasteiger partial charge in [0, 0.05) is 59.2 Å². The summed E-state index contributed by atoms with van der Waals surface area (Å²) < 4.78 is 56.8. The summed E-state index contributed by atoms with van der Waals surface area (Å²) in [6.45, 7) is 10.5. The lowest BCUT2D eigenvalue weighted by Gasteiger charge is -2.42. The first-order valence-corrected chi connectivity index (χ1v) is 24.3. The van der Waals surface area contributed by atoms with Crippen LogP contribution in [0.5, 0.6) is 17.5 Å². The number of rotatable bonds is 12. The number of carbonyl (C=O) groups is 1. The van der Waals surface area contributed by atoms with Crippen molar-refractivity contribution in [3.05, 3.63) is 97.3 Å². The summed E-state index contributed by atoms with van der Waals surface area (Å²) in [4.78, 5) is 31.4. The average molecular weight is 1050 g/mol. The van der Waals surface area contributed by atoms with Crippen LogP contribution in [0.1, 0.15) is 75.1 Å². The highest BCUT2D eigenvalue weighted by molar-refractivity contribution is 14.1. The number of alkyl halides is 1. The molecule has 0 N–H and O–H groups in total. The third-order valence-electron chi connectivity index (χ3n) is 13.7. The summed E-state index contributed by atoms with van der Waals surface area (Å²) in [7, 11) is 3.24. The van der Waals surface area contributed by atoms with Gasteiger partial charge in [-0.2, -0.15) is 15.2 Å². The van der Waals surface area contributed by atoms with Gasteiger partial charge >= 0.3 is 12.1 Å². The number of nitriles is 1. The van der Waals surface area contributed by atoms with Gasteiger partial charge in [-0.15, -0.1) is 0 Å². The molecule has 1 aromatic heterocycles. The number of fused-ring (bicyclic) bond motifs is 4. The van der Waals surface area contributed by atoms with Crippen molar-refractivity contribution in [1.29, 1.82) is 5.26 Å². The molecule has 0 aliphatic carbocycles. The van der Waals surface area contributed by atoms with Gasteiger partial charge in [0.2, 0.25) is 0 Å². The Morgan fingerprint density at radius 1 is 0.970 bits per heavy atom. The summed E-state index contributed by atoms with van der Waals surface area (Å²) in [6, 6.07) is 21.3. The van der Waals surface area contributed by atoms with E-state index in [0.717, 1.165) is 60.4 Å². The van der Waals surface area contributed by atoms with Crippen molar-refractivity contribution < 1.29 is 32.5 Å². The molecule has 16 heteroatoms. The Bertz CT molecular complexity index is 2670. The monoisotopic (exact) mass is 1050 g/mol. The van der Waals surface area contributed by atoms with Crippen LogP contribution in [-0.2, 0) is 17.8 Å². The number of ether oxygens (including phenoxy) is 4. The van der Waals surface area contributed by atoms with Crippen LogP contribution >= 0.6 is 34.2 Å². The number of piperazine rings is 1. The van der Waals surface area contributed by atoms with E-state index in [1.54, 1.807) is 20.3 Å². The summed E-state index contributed by atoms with van der Waals surface area (Å²) >= 11 is 9.48. The largest absolute Gasteiger partial charge is 0.497 e. The molecule has 4 fully saturated rings. The molecular weight excluding hydrogens is 991 g/mol. The fraction of sp³-hybridized carbons (Fsp3) is 0.451. The number of carbonyl (C=O) groups excluding carboxylic acids is 1. The van der Waals surface area contributed by atoms with Crippen molar-refractivity contribution in [2.45, 2.75) is 102 Å². The Morgan fingerprint density at radius 3 is 2.18 bits per heavy atom. The highest BCUT2D eigenvalue weighted by Gasteiger charge is 2.50. The quantitative estimate of drug-likeness (QED) is 0.111. The fourth-order valence-corrected chi connectivity index (χ4v) is 11.5. The zero-order valence-corrected chi connectivity index (χ0v) is 41.6. The zero-order chi connectivity index (χ0) is 47.4. The third-order valence-corrected chi connectivity index (χ3v) is 15.3. The van der Waals surface area contributed by atoms with Crippen molar-refractivity contribution >= 4 is 62.7 Å². The van der Waals surface area contributed by atoms with E-state index in [4.69, 9.17) is 40.5 Å². The molecule has 2 bridgehead atoms. The third kappa shape index (κ3) is 9.25.